The molecule has 0 spiro atoms. The Labute approximate surface area is 203 Å². The summed E-state index contributed by atoms with van der Waals surface area (Å²) in [4.78, 5) is 0. The standard InChI is InChI=1S/C24H16F10O3/c1-2-3-13-4-9-17(18(25)10-13)23(30,31)35-15-7-5-14(6-8-15)22(28,29)36-16-11-19(26)21(20(27)12-16)37-24(32,33)34/h4-12H,2-3H2,1H3. The summed E-state index contributed by atoms with van der Waals surface area (Å²) >= 11 is 0. The summed E-state index contributed by atoms with van der Waals surface area (Å²) < 4.78 is 148. The van der Waals surface area contributed by atoms with Gasteiger partial charge in [0.15, 0.2) is 11.6 Å². The van der Waals surface area contributed by atoms with Gasteiger partial charge in [-0.2, -0.15) is 17.6 Å². The zero-order valence-electron chi connectivity index (χ0n) is 18.6. The Hall–Kier alpha value is -3.64. The lowest BCUT2D eigenvalue weighted by atomic mass is 10.1. The van der Waals surface area contributed by atoms with Crippen molar-refractivity contribution in [2.45, 2.75) is 38.3 Å². The second-order valence-corrected chi connectivity index (χ2v) is 7.59. The molecule has 200 valence electrons. The minimum absolute atomic E-state index is 0.0381. The third-order valence-electron chi connectivity index (χ3n) is 4.76. The second kappa shape index (κ2) is 10.4. The molecule has 0 radical (unpaired) electrons. The van der Waals surface area contributed by atoms with Crippen molar-refractivity contribution in [3.8, 4) is 17.2 Å². The van der Waals surface area contributed by atoms with Crippen LogP contribution < -0.4 is 14.2 Å². The number of aryl methyl sites for hydroxylation is 1. The largest absolute Gasteiger partial charge is 0.573 e. The molecule has 0 aliphatic heterocycles. The normalized spacial score (nSPS) is 12.4. The monoisotopic (exact) mass is 542 g/mol. The number of alkyl halides is 7. The Kier molecular flexibility index (Phi) is 7.84. The predicted octanol–water partition coefficient (Wildman–Crippen LogP) is 8.21. The molecule has 0 heterocycles. The van der Waals surface area contributed by atoms with Crippen LogP contribution in [0, 0.1) is 17.5 Å². The van der Waals surface area contributed by atoms with Gasteiger partial charge in [0.1, 0.15) is 17.3 Å². The summed E-state index contributed by atoms with van der Waals surface area (Å²) in [5, 5.41) is 0. The fourth-order valence-corrected chi connectivity index (χ4v) is 3.17. The van der Waals surface area contributed by atoms with Crippen molar-refractivity contribution in [2.75, 3.05) is 0 Å². The maximum absolute atomic E-state index is 14.5. The van der Waals surface area contributed by atoms with Gasteiger partial charge in [-0.05, 0) is 48.4 Å². The summed E-state index contributed by atoms with van der Waals surface area (Å²) in [5.74, 6) is -8.86. The molecule has 0 aromatic heterocycles. The van der Waals surface area contributed by atoms with Gasteiger partial charge in [-0.25, -0.2) is 13.2 Å². The SMILES string of the molecule is CCCc1ccc(C(F)(F)Oc2ccc(C(F)(F)Oc3cc(F)c(OC(F)(F)F)c(F)c3)cc2)c(F)c1. The van der Waals surface area contributed by atoms with E-state index in [2.05, 4.69) is 14.2 Å². The van der Waals surface area contributed by atoms with Gasteiger partial charge < -0.3 is 14.2 Å². The van der Waals surface area contributed by atoms with E-state index in [1.54, 1.807) is 0 Å². The van der Waals surface area contributed by atoms with Crippen LogP contribution in [0.4, 0.5) is 43.9 Å². The fraction of sp³-hybridized carbons (Fsp3) is 0.250. The average molecular weight is 542 g/mol. The van der Waals surface area contributed by atoms with Gasteiger partial charge in [0.25, 0.3) is 0 Å². The first-order valence-electron chi connectivity index (χ1n) is 10.4. The summed E-state index contributed by atoms with van der Waals surface area (Å²) in [6.07, 6.45) is -12.8. The minimum Gasteiger partial charge on any atom is -0.429 e. The summed E-state index contributed by atoms with van der Waals surface area (Å²) in [6.45, 7) is 1.82. The second-order valence-electron chi connectivity index (χ2n) is 7.59. The van der Waals surface area contributed by atoms with E-state index in [4.69, 9.17) is 0 Å². The van der Waals surface area contributed by atoms with E-state index in [9.17, 15) is 43.9 Å². The number of ether oxygens (including phenoxy) is 3. The molecule has 0 saturated heterocycles. The summed E-state index contributed by atoms with van der Waals surface area (Å²) in [6, 6.07) is 5.70. The van der Waals surface area contributed by atoms with Crippen LogP contribution in [0.25, 0.3) is 0 Å². The van der Waals surface area contributed by atoms with Gasteiger partial charge in [-0.15, -0.1) is 13.2 Å². The van der Waals surface area contributed by atoms with E-state index in [1.807, 2.05) is 6.92 Å². The zero-order valence-corrected chi connectivity index (χ0v) is 18.6. The lowest BCUT2D eigenvalue weighted by Gasteiger charge is -2.21. The zero-order chi connectivity index (χ0) is 27.6. The number of halogens is 10. The van der Waals surface area contributed by atoms with Gasteiger partial charge >= 0.3 is 18.6 Å². The number of rotatable bonds is 9. The smallest absolute Gasteiger partial charge is 0.429 e. The predicted molar refractivity (Wildman–Crippen MR) is 109 cm³/mol. The molecule has 0 aliphatic carbocycles. The molecule has 0 unspecified atom stereocenters. The van der Waals surface area contributed by atoms with E-state index >= 15 is 0 Å². The maximum atomic E-state index is 14.5. The Morgan fingerprint density at radius 3 is 1.70 bits per heavy atom. The van der Waals surface area contributed by atoms with Crippen LogP contribution in [0.3, 0.4) is 0 Å². The molecule has 0 N–H and O–H groups in total. The van der Waals surface area contributed by atoms with Crippen molar-refractivity contribution in [3.05, 3.63) is 88.7 Å². The molecule has 3 nitrogen and oxygen atoms in total. The van der Waals surface area contributed by atoms with Crippen molar-refractivity contribution >= 4 is 0 Å². The van der Waals surface area contributed by atoms with Crippen LogP contribution in [-0.4, -0.2) is 6.36 Å². The minimum atomic E-state index is -5.45. The van der Waals surface area contributed by atoms with Gasteiger partial charge in [-0.1, -0.05) is 19.4 Å². The first-order valence-corrected chi connectivity index (χ1v) is 10.4. The quantitative estimate of drug-likeness (QED) is 0.255. The average Bonchev–Trinajstić information content (AvgIpc) is 2.75. The summed E-state index contributed by atoms with van der Waals surface area (Å²) in [7, 11) is 0. The topological polar surface area (TPSA) is 27.7 Å². The van der Waals surface area contributed by atoms with Gasteiger partial charge in [0.05, 0.1) is 11.1 Å². The van der Waals surface area contributed by atoms with Crippen LogP contribution in [0.5, 0.6) is 17.2 Å². The summed E-state index contributed by atoms with van der Waals surface area (Å²) in [5.41, 5.74) is -1.57. The fourth-order valence-electron chi connectivity index (χ4n) is 3.17. The number of hydrogen-bond donors (Lipinski definition) is 0. The Balaban J connectivity index is 1.75. The third-order valence-corrected chi connectivity index (χ3v) is 4.76. The Morgan fingerprint density at radius 2 is 1.19 bits per heavy atom. The molecule has 0 amide bonds. The first-order chi connectivity index (χ1) is 17.1. The van der Waals surface area contributed by atoms with Crippen molar-refractivity contribution < 1.29 is 58.1 Å². The van der Waals surface area contributed by atoms with Crippen LogP contribution in [0.15, 0.2) is 54.6 Å². The van der Waals surface area contributed by atoms with Crippen LogP contribution in [0.2, 0.25) is 0 Å². The highest BCUT2D eigenvalue weighted by molar-refractivity contribution is 5.37. The molecular formula is C24H16F10O3. The van der Waals surface area contributed by atoms with Crippen LogP contribution >= 0.6 is 0 Å². The van der Waals surface area contributed by atoms with E-state index in [0.717, 1.165) is 12.1 Å². The van der Waals surface area contributed by atoms with E-state index in [0.29, 0.717) is 42.7 Å². The van der Waals surface area contributed by atoms with Crippen molar-refractivity contribution in [2.24, 2.45) is 0 Å². The maximum Gasteiger partial charge on any atom is 0.573 e. The molecule has 3 aromatic carbocycles. The number of hydrogen-bond acceptors (Lipinski definition) is 3. The third kappa shape index (κ3) is 6.98. The molecular weight excluding hydrogens is 526 g/mol. The van der Waals surface area contributed by atoms with Gasteiger partial charge in [0.2, 0.25) is 5.75 Å². The van der Waals surface area contributed by atoms with Crippen molar-refractivity contribution in [3.63, 3.8) is 0 Å². The highest BCUT2D eigenvalue weighted by Gasteiger charge is 2.39. The van der Waals surface area contributed by atoms with Crippen LogP contribution in [-0.2, 0) is 18.6 Å². The van der Waals surface area contributed by atoms with E-state index < -0.39 is 64.4 Å². The van der Waals surface area contributed by atoms with E-state index in [1.165, 1.54) is 6.07 Å². The van der Waals surface area contributed by atoms with Crippen LogP contribution in [0.1, 0.15) is 30.0 Å². The molecule has 0 saturated carbocycles. The molecule has 3 aromatic rings. The van der Waals surface area contributed by atoms with Gasteiger partial charge in [-0.3, -0.25) is 0 Å². The van der Waals surface area contributed by atoms with Crippen molar-refractivity contribution in [1.29, 1.82) is 0 Å². The highest BCUT2D eigenvalue weighted by atomic mass is 19.4. The molecule has 0 bridgehead atoms. The molecule has 0 aliphatic rings. The number of benzene rings is 3. The molecule has 13 heteroatoms. The van der Waals surface area contributed by atoms with Crippen molar-refractivity contribution in [1.82, 2.24) is 0 Å². The Morgan fingerprint density at radius 1 is 0.622 bits per heavy atom. The highest BCUT2D eigenvalue weighted by Crippen LogP contribution is 2.38. The lowest BCUT2D eigenvalue weighted by Crippen LogP contribution is -2.24. The lowest BCUT2D eigenvalue weighted by molar-refractivity contribution is -0.276. The molecule has 3 rings (SSSR count). The Bertz CT molecular complexity index is 1220. The molecule has 0 fully saturated rings. The van der Waals surface area contributed by atoms with Gasteiger partial charge in [0, 0.05) is 12.1 Å². The van der Waals surface area contributed by atoms with E-state index in [-0.39, 0.29) is 12.1 Å². The molecule has 0 atom stereocenters. The first kappa shape index (κ1) is 27.9. The molecule has 37 heavy (non-hydrogen) atoms.